The summed E-state index contributed by atoms with van der Waals surface area (Å²) in [7, 11) is 0. The molecule has 0 bridgehead atoms. The normalized spacial score (nSPS) is 12.3. The SMILES string of the molecule is CCOc1cc(Cl)c(C(N)c2ccc(Br)cc2Cl)cc1Cl. The lowest BCUT2D eigenvalue weighted by atomic mass is 9.99. The third-order valence-electron chi connectivity index (χ3n) is 2.98. The minimum atomic E-state index is -0.466. The van der Waals surface area contributed by atoms with Gasteiger partial charge in [0, 0.05) is 20.6 Å². The van der Waals surface area contributed by atoms with Gasteiger partial charge in [0.05, 0.1) is 17.7 Å². The third-order valence-corrected chi connectivity index (χ3v) is 4.43. The maximum absolute atomic E-state index is 6.29. The van der Waals surface area contributed by atoms with E-state index in [1.54, 1.807) is 18.2 Å². The zero-order valence-electron chi connectivity index (χ0n) is 11.2. The summed E-state index contributed by atoms with van der Waals surface area (Å²) >= 11 is 22.1. The summed E-state index contributed by atoms with van der Waals surface area (Å²) in [6.45, 7) is 2.39. The van der Waals surface area contributed by atoms with Crippen molar-refractivity contribution in [1.29, 1.82) is 0 Å². The number of hydrogen-bond donors (Lipinski definition) is 1. The van der Waals surface area contributed by atoms with E-state index in [2.05, 4.69) is 15.9 Å². The van der Waals surface area contributed by atoms with Gasteiger partial charge in [-0.3, -0.25) is 0 Å². The van der Waals surface area contributed by atoms with Gasteiger partial charge in [-0.1, -0.05) is 56.8 Å². The van der Waals surface area contributed by atoms with Crippen molar-refractivity contribution in [2.45, 2.75) is 13.0 Å². The maximum atomic E-state index is 6.29. The smallest absolute Gasteiger partial charge is 0.139 e. The largest absolute Gasteiger partial charge is 0.492 e. The Bertz CT molecular complexity index is 664. The summed E-state index contributed by atoms with van der Waals surface area (Å²) in [5, 5.41) is 1.53. The topological polar surface area (TPSA) is 35.2 Å². The lowest BCUT2D eigenvalue weighted by molar-refractivity contribution is 0.340. The lowest BCUT2D eigenvalue weighted by Gasteiger charge is -2.17. The van der Waals surface area contributed by atoms with Crippen molar-refractivity contribution in [3.8, 4) is 5.75 Å². The van der Waals surface area contributed by atoms with Crippen LogP contribution in [0.3, 0.4) is 0 Å². The van der Waals surface area contributed by atoms with Crippen LogP contribution in [-0.4, -0.2) is 6.61 Å². The molecular weight excluding hydrogens is 396 g/mol. The molecule has 112 valence electrons. The molecule has 2 nitrogen and oxygen atoms in total. The second kappa shape index (κ2) is 7.21. The lowest BCUT2D eigenvalue weighted by Crippen LogP contribution is -2.13. The second-order valence-electron chi connectivity index (χ2n) is 4.38. The Balaban J connectivity index is 2.43. The van der Waals surface area contributed by atoms with Crippen LogP contribution in [0.4, 0.5) is 0 Å². The molecule has 2 aromatic carbocycles. The van der Waals surface area contributed by atoms with Crippen molar-refractivity contribution in [3.63, 3.8) is 0 Å². The molecule has 1 atom stereocenters. The van der Waals surface area contributed by atoms with Gasteiger partial charge in [-0.2, -0.15) is 0 Å². The van der Waals surface area contributed by atoms with Gasteiger partial charge in [0.2, 0.25) is 0 Å². The van der Waals surface area contributed by atoms with Crippen molar-refractivity contribution in [2.24, 2.45) is 5.73 Å². The predicted molar refractivity (Wildman–Crippen MR) is 92.8 cm³/mol. The zero-order valence-corrected chi connectivity index (χ0v) is 15.0. The molecule has 2 N–H and O–H groups in total. The van der Waals surface area contributed by atoms with Crippen LogP contribution < -0.4 is 10.5 Å². The Morgan fingerprint density at radius 2 is 1.71 bits per heavy atom. The van der Waals surface area contributed by atoms with Gasteiger partial charge in [-0.15, -0.1) is 0 Å². The second-order valence-corrected chi connectivity index (χ2v) is 6.52. The van der Waals surface area contributed by atoms with Crippen LogP contribution in [0.5, 0.6) is 5.75 Å². The van der Waals surface area contributed by atoms with E-state index in [1.165, 1.54) is 0 Å². The number of nitrogens with two attached hydrogens (primary N) is 1. The summed E-state index contributed by atoms with van der Waals surface area (Å²) in [5.41, 5.74) is 7.76. The van der Waals surface area contributed by atoms with Crippen molar-refractivity contribution < 1.29 is 4.74 Å². The quantitative estimate of drug-likeness (QED) is 0.687. The van der Waals surface area contributed by atoms with Crippen molar-refractivity contribution >= 4 is 50.7 Å². The van der Waals surface area contributed by atoms with Crippen LogP contribution in [0.25, 0.3) is 0 Å². The van der Waals surface area contributed by atoms with E-state index < -0.39 is 6.04 Å². The number of benzene rings is 2. The number of rotatable bonds is 4. The van der Waals surface area contributed by atoms with E-state index in [4.69, 9.17) is 45.3 Å². The fourth-order valence-electron chi connectivity index (χ4n) is 1.97. The van der Waals surface area contributed by atoms with Crippen molar-refractivity contribution in [2.75, 3.05) is 6.61 Å². The van der Waals surface area contributed by atoms with Crippen LogP contribution in [0, 0.1) is 0 Å². The van der Waals surface area contributed by atoms with E-state index in [1.807, 2.05) is 19.1 Å². The summed E-state index contributed by atoms with van der Waals surface area (Å²) in [6, 6.07) is 8.46. The van der Waals surface area contributed by atoms with E-state index >= 15 is 0 Å². The first-order valence-electron chi connectivity index (χ1n) is 6.26. The summed E-state index contributed by atoms with van der Waals surface area (Å²) < 4.78 is 6.30. The average Bonchev–Trinajstić information content (AvgIpc) is 2.42. The van der Waals surface area contributed by atoms with Gasteiger partial charge >= 0.3 is 0 Å². The highest BCUT2D eigenvalue weighted by Crippen LogP contribution is 2.37. The fraction of sp³-hybridized carbons (Fsp3) is 0.200. The Labute approximate surface area is 147 Å². The highest BCUT2D eigenvalue weighted by molar-refractivity contribution is 9.10. The van der Waals surface area contributed by atoms with E-state index in [0.717, 1.165) is 10.0 Å². The molecule has 0 spiro atoms. The van der Waals surface area contributed by atoms with Gasteiger partial charge in [0.25, 0.3) is 0 Å². The number of ether oxygens (including phenoxy) is 1. The van der Waals surface area contributed by atoms with Crippen molar-refractivity contribution in [1.82, 2.24) is 0 Å². The minimum Gasteiger partial charge on any atom is -0.492 e. The monoisotopic (exact) mass is 407 g/mol. The number of halogens is 4. The highest BCUT2D eigenvalue weighted by Gasteiger charge is 2.18. The number of hydrogen-bond acceptors (Lipinski definition) is 2. The first-order valence-corrected chi connectivity index (χ1v) is 8.19. The van der Waals surface area contributed by atoms with Gasteiger partial charge in [0.15, 0.2) is 0 Å². The van der Waals surface area contributed by atoms with E-state index in [-0.39, 0.29) is 0 Å². The zero-order chi connectivity index (χ0) is 15.6. The first-order chi connectivity index (χ1) is 9.93. The Hall–Kier alpha value is -0.450. The molecule has 0 aliphatic rings. The first kappa shape index (κ1) is 16.9. The van der Waals surface area contributed by atoms with E-state index in [0.29, 0.717) is 33.0 Å². The summed E-state index contributed by atoms with van der Waals surface area (Å²) in [6.07, 6.45) is 0. The molecule has 0 saturated carbocycles. The molecule has 0 aliphatic carbocycles. The Morgan fingerprint density at radius 3 is 2.33 bits per heavy atom. The fourth-order valence-corrected chi connectivity index (χ4v) is 3.26. The molecule has 0 saturated heterocycles. The molecule has 0 amide bonds. The van der Waals surface area contributed by atoms with Gasteiger partial charge < -0.3 is 10.5 Å². The molecule has 6 heteroatoms. The molecule has 21 heavy (non-hydrogen) atoms. The third kappa shape index (κ3) is 3.85. The molecule has 2 rings (SSSR count). The van der Waals surface area contributed by atoms with Crippen LogP contribution in [0.2, 0.25) is 15.1 Å². The van der Waals surface area contributed by atoms with Gasteiger partial charge in [0.1, 0.15) is 5.75 Å². The molecule has 0 aliphatic heterocycles. The summed E-state index contributed by atoms with van der Waals surface area (Å²) in [4.78, 5) is 0. The predicted octanol–water partition coefficient (Wildman–Crippen LogP) is 5.86. The molecule has 0 aromatic heterocycles. The molecule has 0 fully saturated rings. The minimum absolute atomic E-state index is 0.466. The van der Waals surface area contributed by atoms with Gasteiger partial charge in [-0.25, -0.2) is 0 Å². The van der Waals surface area contributed by atoms with Crippen molar-refractivity contribution in [3.05, 3.63) is 61.0 Å². The Morgan fingerprint density at radius 1 is 1.05 bits per heavy atom. The van der Waals surface area contributed by atoms with Gasteiger partial charge in [-0.05, 0) is 36.2 Å². The van der Waals surface area contributed by atoms with E-state index in [9.17, 15) is 0 Å². The van der Waals surface area contributed by atoms with Crippen LogP contribution >= 0.6 is 50.7 Å². The molecule has 0 heterocycles. The molecule has 1 unspecified atom stereocenters. The summed E-state index contributed by atoms with van der Waals surface area (Å²) in [5.74, 6) is 0.544. The highest BCUT2D eigenvalue weighted by atomic mass is 79.9. The Kier molecular flexibility index (Phi) is 5.81. The average molecular weight is 410 g/mol. The molecule has 0 radical (unpaired) electrons. The van der Waals surface area contributed by atoms with Crippen LogP contribution in [0.1, 0.15) is 24.1 Å². The maximum Gasteiger partial charge on any atom is 0.139 e. The standard InChI is InChI=1S/C15H13BrCl3NO/c1-2-21-14-7-12(18)10(6-13(14)19)15(20)9-4-3-8(16)5-11(9)17/h3-7,15H,2,20H2,1H3. The van der Waals surface area contributed by atoms with Crippen LogP contribution in [0.15, 0.2) is 34.8 Å². The molecule has 2 aromatic rings. The van der Waals surface area contributed by atoms with Crippen LogP contribution in [-0.2, 0) is 0 Å². The molecular formula is C15H13BrCl3NO.